The van der Waals surface area contributed by atoms with Gasteiger partial charge in [-0.15, -0.1) is 0 Å². The van der Waals surface area contributed by atoms with E-state index < -0.39 is 0 Å². The van der Waals surface area contributed by atoms with Gasteiger partial charge in [-0.2, -0.15) is 0 Å². The first-order chi connectivity index (χ1) is 5.88. The second-order valence-electron chi connectivity index (χ2n) is 2.43. The van der Waals surface area contributed by atoms with Crippen molar-refractivity contribution >= 4 is 21.5 Å². The highest BCUT2D eigenvalue weighted by Gasteiger charge is 1.97. The van der Waals surface area contributed by atoms with Gasteiger partial charge in [0.15, 0.2) is 0 Å². The summed E-state index contributed by atoms with van der Waals surface area (Å²) in [6.45, 7) is 0.634. The van der Waals surface area contributed by atoms with E-state index in [2.05, 4.69) is 28.1 Å². The van der Waals surface area contributed by atoms with Crippen LogP contribution in [0.4, 0.5) is 0 Å². The van der Waals surface area contributed by atoms with Crippen molar-refractivity contribution in [1.29, 1.82) is 0 Å². The highest BCUT2D eigenvalue weighted by atomic mass is 79.9. The average Bonchev–Trinajstić information content (AvgIpc) is 2.15. The van der Waals surface area contributed by atoms with Crippen LogP contribution in [0.3, 0.4) is 0 Å². The van der Waals surface area contributed by atoms with Crippen LogP contribution < -0.4 is 0 Å². The number of benzene rings is 1. The van der Waals surface area contributed by atoms with Gasteiger partial charge < -0.3 is 4.74 Å². The maximum absolute atomic E-state index is 5.05. The fourth-order valence-electron chi connectivity index (χ4n) is 0.986. The van der Waals surface area contributed by atoms with Crippen molar-refractivity contribution < 1.29 is 4.74 Å². The van der Waals surface area contributed by atoms with Crippen LogP contribution in [0.15, 0.2) is 35.3 Å². The van der Waals surface area contributed by atoms with Gasteiger partial charge in [0.2, 0.25) is 0 Å². The molecule has 0 aromatic heterocycles. The second-order valence-corrected chi connectivity index (χ2v) is 2.89. The Morgan fingerprint density at radius 3 is 2.58 bits per heavy atom. The standard InChI is InChI=1S/C10H11BrO/c1-12-8-10(7-11)9-5-3-2-4-6-9/h2-7H,8H2,1H3/b10-7+. The third-order valence-corrected chi connectivity index (χ3v) is 2.13. The van der Waals surface area contributed by atoms with Crippen molar-refractivity contribution in [2.45, 2.75) is 0 Å². The summed E-state index contributed by atoms with van der Waals surface area (Å²) < 4.78 is 5.05. The molecule has 0 aliphatic rings. The van der Waals surface area contributed by atoms with E-state index in [1.165, 1.54) is 5.56 Å². The second kappa shape index (κ2) is 5.12. The molecule has 1 aromatic rings. The summed E-state index contributed by atoms with van der Waals surface area (Å²) in [6.07, 6.45) is 0. The van der Waals surface area contributed by atoms with E-state index in [0.29, 0.717) is 6.61 Å². The van der Waals surface area contributed by atoms with Gasteiger partial charge in [0, 0.05) is 7.11 Å². The molecular formula is C10H11BrO. The van der Waals surface area contributed by atoms with Crippen LogP contribution in [0, 0.1) is 0 Å². The molecule has 0 atom stereocenters. The minimum atomic E-state index is 0.634. The predicted octanol–water partition coefficient (Wildman–Crippen LogP) is 3.07. The van der Waals surface area contributed by atoms with E-state index in [4.69, 9.17) is 4.74 Å². The number of hydrogen-bond acceptors (Lipinski definition) is 1. The molecule has 0 heterocycles. The van der Waals surface area contributed by atoms with Crippen LogP contribution in [0.5, 0.6) is 0 Å². The van der Waals surface area contributed by atoms with Gasteiger partial charge in [-0.3, -0.25) is 0 Å². The molecule has 0 fully saturated rings. The molecule has 0 aliphatic carbocycles. The number of hydrogen-bond donors (Lipinski definition) is 0. The van der Waals surface area contributed by atoms with Crippen molar-refractivity contribution in [3.05, 3.63) is 40.9 Å². The summed E-state index contributed by atoms with van der Waals surface area (Å²) in [5.41, 5.74) is 2.34. The van der Waals surface area contributed by atoms with Crippen LogP contribution in [0.25, 0.3) is 5.57 Å². The molecule has 0 bridgehead atoms. The van der Waals surface area contributed by atoms with E-state index in [1.807, 2.05) is 23.2 Å². The monoisotopic (exact) mass is 226 g/mol. The molecule has 64 valence electrons. The molecule has 1 rings (SSSR count). The lowest BCUT2D eigenvalue weighted by Crippen LogP contribution is -1.92. The molecule has 0 unspecified atom stereocenters. The molecule has 1 aromatic carbocycles. The molecule has 0 amide bonds. The van der Waals surface area contributed by atoms with Crippen LogP contribution in [0.2, 0.25) is 0 Å². The molecule has 12 heavy (non-hydrogen) atoms. The zero-order valence-electron chi connectivity index (χ0n) is 6.96. The van der Waals surface area contributed by atoms with Crippen LogP contribution >= 0.6 is 15.9 Å². The molecule has 0 spiro atoms. The van der Waals surface area contributed by atoms with Crippen molar-refractivity contribution in [3.63, 3.8) is 0 Å². The first-order valence-corrected chi connectivity index (χ1v) is 4.63. The van der Waals surface area contributed by atoms with Crippen LogP contribution in [-0.2, 0) is 4.74 Å². The highest BCUT2D eigenvalue weighted by Crippen LogP contribution is 2.15. The number of halogens is 1. The van der Waals surface area contributed by atoms with Gasteiger partial charge in [0.1, 0.15) is 0 Å². The van der Waals surface area contributed by atoms with E-state index in [9.17, 15) is 0 Å². The van der Waals surface area contributed by atoms with Gasteiger partial charge >= 0.3 is 0 Å². The van der Waals surface area contributed by atoms with E-state index >= 15 is 0 Å². The lowest BCUT2D eigenvalue weighted by molar-refractivity contribution is 0.240. The Morgan fingerprint density at radius 1 is 1.42 bits per heavy atom. The fourth-order valence-corrected chi connectivity index (χ4v) is 1.38. The largest absolute Gasteiger partial charge is 0.380 e. The molecule has 0 N–H and O–H groups in total. The zero-order valence-corrected chi connectivity index (χ0v) is 8.54. The Hall–Kier alpha value is -0.600. The third kappa shape index (κ3) is 2.47. The van der Waals surface area contributed by atoms with Crippen molar-refractivity contribution in [2.75, 3.05) is 13.7 Å². The first kappa shape index (κ1) is 9.49. The average molecular weight is 227 g/mol. The third-order valence-electron chi connectivity index (χ3n) is 1.58. The number of methoxy groups -OCH3 is 1. The molecule has 0 aliphatic heterocycles. The SMILES string of the molecule is COC/C(=C\Br)c1ccccc1. The van der Waals surface area contributed by atoms with Crippen molar-refractivity contribution in [3.8, 4) is 0 Å². The number of ether oxygens (including phenoxy) is 1. The summed E-state index contributed by atoms with van der Waals surface area (Å²) in [4.78, 5) is 1.89. The first-order valence-electron chi connectivity index (χ1n) is 3.72. The molecule has 0 radical (unpaired) electrons. The van der Waals surface area contributed by atoms with Gasteiger partial charge in [0.25, 0.3) is 0 Å². The smallest absolute Gasteiger partial charge is 0.0723 e. The summed E-state index contributed by atoms with van der Waals surface area (Å²) in [7, 11) is 1.69. The van der Waals surface area contributed by atoms with Crippen LogP contribution in [0.1, 0.15) is 5.56 Å². The van der Waals surface area contributed by atoms with Gasteiger partial charge in [-0.1, -0.05) is 46.3 Å². The Bertz CT molecular complexity index is 254. The topological polar surface area (TPSA) is 9.23 Å². The fraction of sp³-hybridized carbons (Fsp3) is 0.200. The van der Waals surface area contributed by atoms with Gasteiger partial charge in [0.05, 0.1) is 6.61 Å². The quantitative estimate of drug-likeness (QED) is 0.770. The summed E-state index contributed by atoms with van der Waals surface area (Å²) in [5, 5.41) is 0. The Kier molecular flexibility index (Phi) is 4.05. The predicted molar refractivity (Wildman–Crippen MR) is 55.2 cm³/mol. The van der Waals surface area contributed by atoms with Gasteiger partial charge in [-0.25, -0.2) is 0 Å². The lowest BCUT2D eigenvalue weighted by Gasteiger charge is -2.03. The van der Waals surface area contributed by atoms with E-state index in [1.54, 1.807) is 7.11 Å². The van der Waals surface area contributed by atoms with Crippen LogP contribution in [-0.4, -0.2) is 13.7 Å². The van der Waals surface area contributed by atoms with E-state index in [0.717, 1.165) is 5.57 Å². The summed E-state index contributed by atoms with van der Waals surface area (Å²) in [6, 6.07) is 10.2. The molecule has 0 saturated carbocycles. The minimum absolute atomic E-state index is 0.634. The van der Waals surface area contributed by atoms with Crippen molar-refractivity contribution in [1.82, 2.24) is 0 Å². The Labute approximate surface area is 81.2 Å². The Morgan fingerprint density at radius 2 is 2.08 bits per heavy atom. The Balaban J connectivity index is 2.82. The van der Waals surface area contributed by atoms with E-state index in [-0.39, 0.29) is 0 Å². The molecule has 0 saturated heterocycles. The summed E-state index contributed by atoms with van der Waals surface area (Å²) >= 11 is 3.31. The normalized spacial score (nSPS) is 11.7. The van der Waals surface area contributed by atoms with Gasteiger partial charge in [-0.05, 0) is 16.1 Å². The highest BCUT2D eigenvalue weighted by molar-refractivity contribution is 9.11. The zero-order chi connectivity index (χ0) is 8.81. The maximum Gasteiger partial charge on any atom is 0.0723 e. The van der Waals surface area contributed by atoms with Crippen molar-refractivity contribution in [2.24, 2.45) is 0 Å². The molecular weight excluding hydrogens is 216 g/mol. The summed E-state index contributed by atoms with van der Waals surface area (Å²) in [5.74, 6) is 0. The molecule has 1 nitrogen and oxygen atoms in total. The maximum atomic E-state index is 5.05. The molecule has 2 heteroatoms. The number of rotatable bonds is 3. The minimum Gasteiger partial charge on any atom is -0.380 e. The lowest BCUT2D eigenvalue weighted by atomic mass is 10.1.